The van der Waals surface area contributed by atoms with Crippen molar-refractivity contribution in [3.05, 3.63) is 42.0 Å². The average molecular weight is 436 g/mol. The van der Waals surface area contributed by atoms with E-state index in [1.54, 1.807) is 0 Å². The second-order valence-electron chi connectivity index (χ2n) is 7.20. The Labute approximate surface area is 172 Å². The van der Waals surface area contributed by atoms with Crippen molar-refractivity contribution in [1.29, 1.82) is 0 Å². The molecule has 3 heterocycles. The van der Waals surface area contributed by atoms with Gasteiger partial charge in [0.15, 0.2) is 9.84 Å². The molecule has 3 aromatic rings. The molecular weight excluding hydrogens is 414 g/mol. The quantitative estimate of drug-likeness (QED) is 0.563. The van der Waals surface area contributed by atoms with Gasteiger partial charge in [-0.25, -0.2) is 8.42 Å². The highest BCUT2D eigenvalue weighted by Gasteiger charge is 2.29. The van der Waals surface area contributed by atoms with E-state index in [9.17, 15) is 13.2 Å². The number of furan rings is 1. The van der Waals surface area contributed by atoms with E-state index in [1.807, 2.05) is 37.3 Å². The molecule has 10 heteroatoms. The van der Waals surface area contributed by atoms with Crippen LogP contribution in [0, 0.1) is 5.92 Å². The van der Waals surface area contributed by atoms with Gasteiger partial charge in [-0.1, -0.05) is 30.0 Å². The third-order valence-corrected chi connectivity index (χ3v) is 7.47. The van der Waals surface area contributed by atoms with Gasteiger partial charge < -0.3 is 14.2 Å². The Morgan fingerprint density at radius 1 is 1.31 bits per heavy atom. The van der Waals surface area contributed by atoms with Crippen LogP contribution in [-0.2, 0) is 21.1 Å². The van der Waals surface area contributed by atoms with Crippen LogP contribution in [0.25, 0.3) is 11.0 Å². The fourth-order valence-electron chi connectivity index (χ4n) is 3.36. The number of amides is 1. The number of hydrogen-bond donors (Lipinski definition) is 1. The van der Waals surface area contributed by atoms with Gasteiger partial charge in [0.2, 0.25) is 11.8 Å². The van der Waals surface area contributed by atoms with E-state index in [-0.39, 0.29) is 35.1 Å². The van der Waals surface area contributed by atoms with Gasteiger partial charge in [-0.05, 0) is 31.4 Å². The van der Waals surface area contributed by atoms with E-state index >= 15 is 0 Å². The van der Waals surface area contributed by atoms with Crippen LogP contribution in [0.1, 0.15) is 31.0 Å². The van der Waals surface area contributed by atoms with Gasteiger partial charge >= 0.3 is 0 Å². The molecular formula is C19H21N3O5S2. The Balaban J connectivity index is 1.27. The summed E-state index contributed by atoms with van der Waals surface area (Å²) < 4.78 is 34.4. The lowest BCUT2D eigenvalue weighted by Crippen LogP contribution is -2.27. The number of carbonyl (C=O) groups excluding carboxylic acids is 1. The highest BCUT2D eigenvalue weighted by Crippen LogP contribution is 2.25. The van der Waals surface area contributed by atoms with Crippen LogP contribution >= 0.6 is 11.8 Å². The summed E-state index contributed by atoms with van der Waals surface area (Å²) in [6.45, 7) is 1.86. The van der Waals surface area contributed by atoms with E-state index in [4.69, 9.17) is 8.83 Å². The summed E-state index contributed by atoms with van der Waals surface area (Å²) in [6, 6.07) is 9.34. The molecule has 2 atom stereocenters. The lowest BCUT2D eigenvalue weighted by Gasteiger charge is -2.10. The highest BCUT2D eigenvalue weighted by atomic mass is 32.2. The van der Waals surface area contributed by atoms with Crippen LogP contribution < -0.4 is 5.32 Å². The zero-order valence-electron chi connectivity index (χ0n) is 15.8. The lowest BCUT2D eigenvalue weighted by atomic mass is 10.1. The molecule has 0 spiro atoms. The molecule has 2 aromatic heterocycles. The Morgan fingerprint density at radius 3 is 2.90 bits per heavy atom. The second-order valence-corrected chi connectivity index (χ2v) is 10.4. The number of nitrogens with one attached hydrogen (secondary N) is 1. The van der Waals surface area contributed by atoms with Gasteiger partial charge in [0.1, 0.15) is 11.3 Å². The minimum Gasteiger partial charge on any atom is -0.459 e. The van der Waals surface area contributed by atoms with Gasteiger partial charge in [0, 0.05) is 11.8 Å². The molecule has 0 aliphatic carbocycles. The van der Waals surface area contributed by atoms with E-state index in [0.717, 1.165) is 22.7 Å². The van der Waals surface area contributed by atoms with Crippen molar-refractivity contribution < 1.29 is 22.0 Å². The number of benzene rings is 1. The maximum Gasteiger partial charge on any atom is 0.277 e. The number of carbonyl (C=O) groups is 1. The molecule has 154 valence electrons. The Bertz CT molecular complexity index is 1090. The monoisotopic (exact) mass is 435 g/mol. The molecule has 0 radical (unpaired) electrons. The highest BCUT2D eigenvalue weighted by molar-refractivity contribution is 7.99. The molecule has 1 amide bonds. The number of sulfone groups is 1. The molecule has 1 fully saturated rings. The molecule has 1 aromatic carbocycles. The number of hydrogen-bond acceptors (Lipinski definition) is 8. The van der Waals surface area contributed by atoms with Crippen molar-refractivity contribution in [3.63, 3.8) is 0 Å². The minimum atomic E-state index is -2.93. The number of para-hydroxylation sites is 1. The Kier molecular flexibility index (Phi) is 5.64. The maximum atomic E-state index is 12.2. The zero-order valence-corrected chi connectivity index (χ0v) is 17.5. The van der Waals surface area contributed by atoms with E-state index in [2.05, 4.69) is 15.5 Å². The summed E-state index contributed by atoms with van der Waals surface area (Å²) >= 11 is 1.15. The summed E-state index contributed by atoms with van der Waals surface area (Å²) in [5.74, 6) is 1.46. The molecule has 1 aliphatic heterocycles. The largest absolute Gasteiger partial charge is 0.459 e. The first-order valence-corrected chi connectivity index (χ1v) is 12.1. The van der Waals surface area contributed by atoms with Crippen LogP contribution in [0.5, 0.6) is 0 Å². The zero-order chi connectivity index (χ0) is 20.4. The molecule has 1 N–H and O–H groups in total. The van der Waals surface area contributed by atoms with Crippen molar-refractivity contribution in [2.75, 3.05) is 17.3 Å². The summed E-state index contributed by atoms with van der Waals surface area (Å²) in [6.07, 6.45) is 1.07. The fraction of sp³-hybridized carbons (Fsp3) is 0.421. The second kappa shape index (κ2) is 8.19. The predicted octanol–water partition coefficient (Wildman–Crippen LogP) is 2.76. The summed E-state index contributed by atoms with van der Waals surface area (Å²) in [5, 5.41) is 12.1. The van der Waals surface area contributed by atoms with Gasteiger partial charge in [-0.2, -0.15) is 0 Å². The molecule has 8 nitrogen and oxygen atoms in total. The summed E-state index contributed by atoms with van der Waals surface area (Å²) in [4.78, 5) is 12.2. The van der Waals surface area contributed by atoms with Crippen molar-refractivity contribution in [2.45, 2.75) is 31.0 Å². The average Bonchev–Trinajstić information content (AvgIpc) is 3.38. The topological polar surface area (TPSA) is 115 Å². The number of thioether (sulfide) groups is 1. The maximum absolute atomic E-state index is 12.2. The number of aromatic nitrogens is 2. The van der Waals surface area contributed by atoms with Gasteiger partial charge in [0.05, 0.1) is 23.3 Å². The predicted molar refractivity (Wildman–Crippen MR) is 108 cm³/mol. The first kappa shape index (κ1) is 20.0. The number of fused-ring (bicyclic) bond motifs is 1. The normalized spacial score (nSPS) is 19.4. The third kappa shape index (κ3) is 4.99. The minimum absolute atomic E-state index is 0.0197. The van der Waals surface area contributed by atoms with Gasteiger partial charge in [-0.3, -0.25) is 4.79 Å². The first-order valence-electron chi connectivity index (χ1n) is 9.31. The smallest absolute Gasteiger partial charge is 0.277 e. The van der Waals surface area contributed by atoms with Crippen LogP contribution in [0.2, 0.25) is 0 Å². The molecule has 1 saturated heterocycles. The summed E-state index contributed by atoms with van der Waals surface area (Å²) in [5.41, 5.74) is 0.784. The van der Waals surface area contributed by atoms with Crippen molar-refractivity contribution in [1.82, 2.24) is 15.5 Å². The molecule has 1 aliphatic rings. The van der Waals surface area contributed by atoms with Crippen LogP contribution in [-0.4, -0.2) is 41.8 Å². The third-order valence-electron chi connectivity index (χ3n) is 4.81. The molecule has 4 rings (SSSR count). The SMILES string of the molecule is C[C@H](NC(=O)CSc1nnc(C[C@H]2CCS(=O)(=O)C2)o1)c1cc2ccccc2o1. The van der Waals surface area contributed by atoms with Gasteiger partial charge in [-0.15, -0.1) is 10.2 Å². The van der Waals surface area contributed by atoms with E-state index in [0.29, 0.717) is 29.7 Å². The standard InChI is InChI=1S/C19H21N3O5S2/c1-12(16-9-14-4-2-3-5-15(14)26-16)20-17(23)10-28-19-22-21-18(27-19)8-13-6-7-29(24,25)11-13/h2-5,9,12-13H,6-8,10-11H2,1H3,(H,20,23)/t12-,13+/m0/s1. The Hall–Kier alpha value is -2.33. The van der Waals surface area contributed by atoms with E-state index in [1.165, 1.54) is 0 Å². The molecule has 0 saturated carbocycles. The van der Waals surface area contributed by atoms with Crippen molar-refractivity contribution in [2.24, 2.45) is 5.92 Å². The van der Waals surface area contributed by atoms with Crippen LogP contribution in [0.3, 0.4) is 0 Å². The lowest BCUT2D eigenvalue weighted by molar-refractivity contribution is -0.119. The van der Waals surface area contributed by atoms with Crippen molar-refractivity contribution >= 4 is 38.5 Å². The van der Waals surface area contributed by atoms with Gasteiger partial charge in [0.25, 0.3) is 5.22 Å². The Morgan fingerprint density at radius 2 is 2.14 bits per heavy atom. The van der Waals surface area contributed by atoms with Crippen LogP contribution in [0.15, 0.2) is 44.4 Å². The molecule has 0 unspecified atom stereocenters. The summed E-state index contributed by atoms with van der Waals surface area (Å²) in [7, 11) is -2.93. The fourth-order valence-corrected chi connectivity index (χ4v) is 5.81. The number of rotatable bonds is 7. The molecule has 0 bridgehead atoms. The number of nitrogens with zero attached hydrogens (tertiary/aromatic N) is 2. The first-order chi connectivity index (χ1) is 13.9. The van der Waals surface area contributed by atoms with Crippen molar-refractivity contribution in [3.8, 4) is 0 Å². The van der Waals surface area contributed by atoms with Crippen LogP contribution in [0.4, 0.5) is 0 Å². The molecule has 29 heavy (non-hydrogen) atoms. The van der Waals surface area contributed by atoms with E-state index < -0.39 is 9.84 Å².